The first-order chi connectivity index (χ1) is 8.52. The average molecular weight is 246 g/mol. The van der Waals surface area contributed by atoms with Gasteiger partial charge in [0.2, 0.25) is 5.91 Å². The van der Waals surface area contributed by atoms with Gasteiger partial charge in [-0.15, -0.1) is 0 Å². The van der Waals surface area contributed by atoms with Crippen LogP contribution in [0, 0.1) is 12.8 Å². The Bertz CT molecular complexity index is 454. The molecule has 2 rings (SSSR count). The SMILES string of the molecule is Cc1cccc2c1N(C(=O)[C@H](N)C(C)C)CCC2. The maximum atomic E-state index is 12.5. The van der Waals surface area contributed by atoms with Crippen molar-refractivity contribution in [2.45, 2.75) is 39.7 Å². The largest absolute Gasteiger partial charge is 0.320 e. The van der Waals surface area contributed by atoms with Crippen molar-refractivity contribution in [2.75, 3.05) is 11.4 Å². The quantitative estimate of drug-likeness (QED) is 0.870. The number of hydrogen-bond acceptors (Lipinski definition) is 2. The van der Waals surface area contributed by atoms with Crippen molar-refractivity contribution in [3.05, 3.63) is 29.3 Å². The summed E-state index contributed by atoms with van der Waals surface area (Å²) in [7, 11) is 0. The van der Waals surface area contributed by atoms with Gasteiger partial charge < -0.3 is 10.6 Å². The van der Waals surface area contributed by atoms with Crippen LogP contribution < -0.4 is 10.6 Å². The van der Waals surface area contributed by atoms with Gasteiger partial charge >= 0.3 is 0 Å². The highest BCUT2D eigenvalue weighted by molar-refractivity contribution is 5.98. The van der Waals surface area contributed by atoms with Gasteiger partial charge in [0.05, 0.1) is 6.04 Å². The molecule has 1 aliphatic rings. The molecule has 0 saturated heterocycles. The zero-order valence-electron chi connectivity index (χ0n) is 11.4. The van der Waals surface area contributed by atoms with Crippen molar-refractivity contribution in [1.82, 2.24) is 0 Å². The summed E-state index contributed by atoms with van der Waals surface area (Å²) in [5.74, 6) is 0.229. The predicted octanol–water partition coefficient (Wildman–Crippen LogP) is 2.26. The Morgan fingerprint density at radius 1 is 1.39 bits per heavy atom. The van der Waals surface area contributed by atoms with Crippen LogP contribution in [-0.2, 0) is 11.2 Å². The molecule has 98 valence electrons. The molecule has 18 heavy (non-hydrogen) atoms. The van der Waals surface area contributed by atoms with Crippen LogP contribution in [-0.4, -0.2) is 18.5 Å². The first-order valence-corrected chi connectivity index (χ1v) is 6.68. The fraction of sp³-hybridized carbons (Fsp3) is 0.533. The van der Waals surface area contributed by atoms with E-state index in [4.69, 9.17) is 5.73 Å². The van der Waals surface area contributed by atoms with Crippen molar-refractivity contribution in [3.8, 4) is 0 Å². The maximum Gasteiger partial charge on any atom is 0.244 e. The monoisotopic (exact) mass is 246 g/mol. The van der Waals surface area contributed by atoms with E-state index in [1.807, 2.05) is 18.7 Å². The van der Waals surface area contributed by atoms with Gasteiger partial charge in [-0.2, -0.15) is 0 Å². The Hall–Kier alpha value is -1.35. The molecule has 2 N–H and O–H groups in total. The Labute approximate surface area is 109 Å². The molecule has 0 radical (unpaired) electrons. The van der Waals surface area contributed by atoms with Crippen LogP contribution in [0.2, 0.25) is 0 Å². The second-order valence-corrected chi connectivity index (χ2v) is 5.45. The lowest BCUT2D eigenvalue weighted by atomic mass is 9.96. The highest BCUT2D eigenvalue weighted by Crippen LogP contribution is 2.31. The Kier molecular flexibility index (Phi) is 3.71. The topological polar surface area (TPSA) is 46.3 Å². The highest BCUT2D eigenvalue weighted by Gasteiger charge is 2.28. The van der Waals surface area contributed by atoms with E-state index in [1.165, 1.54) is 5.56 Å². The normalized spacial score (nSPS) is 16.6. The number of carbonyl (C=O) groups is 1. The first kappa shape index (κ1) is 13.1. The van der Waals surface area contributed by atoms with Gasteiger partial charge in [0.1, 0.15) is 0 Å². The smallest absolute Gasteiger partial charge is 0.244 e. The molecule has 3 heteroatoms. The van der Waals surface area contributed by atoms with Crippen molar-refractivity contribution in [1.29, 1.82) is 0 Å². The summed E-state index contributed by atoms with van der Waals surface area (Å²) in [5, 5.41) is 0. The number of benzene rings is 1. The number of aryl methyl sites for hydroxylation is 2. The molecule has 1 aromatic carbocycles. The van der Waals surface area contributed by atoms with E-state index >= 15 is 0 Å². The van der Waals surface area contributed by atoms with Gasteiger partial charge in [0.15, 0.2) is 0 Å². The summed E-state index contributed by atoms with van der Waals surface area (Å²) in [5.41, 5.74) is 9.53. The number of rotatable bonds is 2. The summed E-state index contributed by atoms with van der Waals surface area (Å²) in [6.45, 7) is 6.83. The van der Waals surface area contributed by atoms with Gasteiger partial charge in [0, 0.05) is 12.2 Å². The molecule has 0 spiro atoms. The molecule has 3 nitrogen and oxygen atoms in total. The van der Waals surface area contributed by atoms with Crippen molar-refractivity contribution < 1.29 is 4.79 Å². The van der Waals surface area contributed by atoms with Gasteiger partial charge in [0.25, 0.3) is 0 Å². The molecule has 1 atom stereocenters. The standard InChI is InChI=1S/C15H22N2O/c1-10(2)13(16)15(18)17-9-5-8-12-7-4-6-11(3)14(12)17/h4,6-7,10,13H,5,8-9,16H2,1-3H3/t13-/m1/s1. The molecule has 0 bridgehead atoms. The molecule has 0 saturated carbocycles. The lowest BCUT2D eigenvalue weighted by molar-refractivity contribution is -0.120. The van der Waals surface area contributed by atoms with Crippen molar-refractivity contribution >= 4 is 11.6 Å². The van der Waals surface area contributed by atoms with E-state index in [0.29, 0.717) is 0 Å². The first-order valence-electron chi connectivity index (χ1n) is 6.68. The molecule has 0 aromatic heterocycles. The Morgan fingerprint density at radius 3 is 2.78 bits per heavy atom. The van der Waals surface area contributed by atoms with Crippen LogP contribution in [0.1, 0.15) is 31.4 Å². The average Bonchev–Trinajstić information content (AvgIpc) is 2.36. The summed E-state index contributed by atoms with van der Waals surface area (Å²) < 4.78 is 0. The fourth-order valence-corrected chi connectivity index (χ4v) is 2.53. The minimum atomic E-state index is -0.407. The Balaban J connectivity index is 2.36. The van der Waals surface area contributed by atoms with Gasteiger partial charge in [-0.3, -0.25) is 4.79 Å². The lowest BCUT2D eigenvalue weighted by Crippen LogP contribution is -2.48. The third-order valence-electron chi connectivity index (χ3n) is 3.69. The number of carbonyl (C=O) groups excluding carboxylic acids is 1. The molecule has 0 unspecified atom stereocenters. The van der Waals surface area contributed by atoms with Gasteiger partial charge in [-0.1, -0.05) is 32.0 Å². The summed E-state index contributed by atoms with van der Waals surface area (Å²) in [6.07, 6.45) is 2.07. The van der Waals surface area contributed by atoms with E-state index in [9.17, 15) is 4.79 Å². The number of nitrogens with zero attached hydrogens (tertiary/aromatic N) is 1. The lowest BCUT2D eigenvalue weighted by Gasteiger charge is -2.33. The number of anilines is 1. The second-order valence-electron chi connectivity index (χ2n) is 5.45. The highest BCUT2D eigenvalue weighted by atomic mass is 16.2. The summed E-state index contributed by atoms with van der Waals surface area (Å²) in [4.78, 5) is 14.3. The van der Waals surface area contributed by atoms with E-state index in [2.05, 4.69) is 25.1 Å². The minimum absolute atomic E-state index is 0.0558. The number of fused-ring (bicyclic) bond motifs is 1. The third-order valence-corrected chi connectivity index (χ3v) is 3.69. The van der Waals surface area contributed by atoms with Gasteiger partial charge in [-0.25, -0.2) is 0 Å². The molecule has 0 aliphatic carbocycles. The molecule has 1 aliphatic heterocycles. The van der Waals surface area contributed by atoms with E-state index in [1.54, 1.807) is 0 Å². The molecular formula is C15H22N2O. The van der Waals surface area contributed by atoms with Crippen molar-refractivity contribution in [2.24, 2.45) is 11.7 Å². The van der Waals surface area contributed by atoms with E-state index in [-0.39, 0.29) is 11.8 Å². The predicted molar refractivity (Wildman–Crippen MR) is 74.7 cm³/mol. The zero-order chi connectivity index (χ0) is 13.3. The molecular weight excluding hydrogens is 224 g/mol. The zero-order valence-corrected chi connectivity index (χ0v) is 11.4. The summed E-state index contributed by atoms with van der Waals surface area (Å²) in [6, 6.07) is 5.83. The number of amides is 1. The van der Waals surface area contributed by atoms with Crippen LogP contribution in [0.25, 0.3) is 0 Å². The van der Waals surface area contributed by atoms with E-state index in [0.717, 1.165) is 30.6 Å². The van der Waals surface area contributed by atoms with Crippen LogP contribution in [0.15, 0.2) is 18.2 Å². The molecule has 1 aromatic rings. The van der Waals surface area contributed by atoms with E-state index < -0.39 is 6.04 Å². The number of nitrogens with two attached hydrogens (primary N) is 1. The maximum absolute atomic E-state index is 12.5. The Morgan fingerprint density at radius 2 is 2.11 bits per heavy atom. The summed E-state index contributed by atoms with van der Waals surface area (Å²) >= 11 is 0. The molecule has 1 heterocycles. The van der Waals surface area contributed by atoms with Crippen LogP contribution in [0.5, 0.6) is 0 Å². The van der Waals surface area contributed by atoms with Crippen LogP contribution >= 0.6 is 0 Å². The third kappa shape index (κ3) is 2.27. The van der Waals surface area contributed by atoms with Gasteiger partial charge in [-0.05, 0) is 36.8 Å². The molecule has 1 amide bonds. The second kappa shape index (κ2) is 5.11. The van der Waals surface area contributed by atoms with Crippen LogP contribution in [0.4, 0.5) is 5.69 Å². The minimum Gasteiger partial charge on any atom is -0.320 e. The number of hydrogen-bond donors (Lipinski definition) is 1. The number of para-hydroxylation sites is 1. The van der Waals surface area contributed by atoms with Crippen LogP contribution in [0.3, 0.4) is 0 Å². The fourth-order valence-electron chi connectivity index (χ4n) is 2.53. The molecule has 0 fully saturated rings. The van der Waals surface area contributed by atoms with Crippen molar-refractivity contribution in [3.63, 3.8) is 0 Å².